The number of nitrogens with zero attached hydrogens (tertiary/aromatic N) is 1. The highest BCUT2D eigenvalue weighted by Gasteiger charge is 2.13. The number of aromatic amines is 1. The van der Waals surface area contributed by atoms with Crippen LogP contribution in [-0.2, 0) is 0 Å². The van der Waals surface area contributed by atoms with E-state index < -0.39 is 0 Å². The van der Waals surface area contributed by atoms with Gasteiger partial charge < -0.3 is 4.98 Å². The van der Waals surface area contributed by atoms with Gasteiger partial charge in [-0.2, -0.15) is 0 Å². The van der Waals surface area contributed by atoms with Gasteiger partial charge in [0.05, 0.1) is 15.8 Å². The van der Waals surface area contributed by atoms with E-state index in [1.54, 1.807) is 18.3 Å². The van der Waals surface area contributed by atoms with Crippen LogP contribution >= 0.6 is 15.9 Å². The standard InChI is InChI=1S/C8H5BrN2O2/c9-6-1-2-7(11(12)13)5-3-4-10-8(5)6/h1-4,10H. The number of halogens is 1. The van der Waals surface area contributed by atoms with Crippen LogP contribution in [0.15, 0.2) is 28.9 Å². The summed E-state index contributed by atoms with van der Waals surface area (Å²) in [6.07, 6.45) is 1.68. The second-order valence-corrected chi connectivity index (χ2v) is 3.44. The topological polar surface area (TPSA) is 58.9 Å². The molecule has 1 aromatic carbocycles. The molecule has 0 unspecified atom stereocenters. The Morgan fingerprint density at radius 3 is 2.85 bits per heavy atom. The molecular weight excluding hydrogens is 236 g/mol. The number of fused-ring (bicyclic) bond motifs is 1. The Kier molecular flexibility index (Phi) is 1.81. The van der Waals surface area contributed by atoms with Crippen molar-refractivity contribution in [2.45, 2.75) is 0 Å². The van der Waals surface area contributed by atoms with Crippen LogP contribution in [0, 0.1) is 10.1 Å². The summed E-state index contributed by atoms with van der Waals surface area (Å²) in [6, 6.07) is 4.84. The monoisotopic (exact) mass is 240 g/mol. The van der Waals surface area contributed by atoms with Gasteiger partial charge in [0.25, 0.3) is 5.69 Å². The molecule has 1 heterocycles. The maximum Gasteiger partial charge on any atom is 0.278 e. The van der Waals surface area contributed by atoms with Crippen molar-refractivity contribution < 1.29 is 4.92 Å². The molecule has 4 nitrogen and oxygen atoms in total. The van der Waals surface area contributed by atoms with Crippen molar-refractivity contribution in [2.24, 2.45) is 0 Å². The maximum atomic E-state index is 10.6. The van der Waals surface area contributed by atoms with Gasteiger partial charge in [-0.1, -0.05) is 0 Å². The molecule has 0 saturated carbocycles. The third-order valence-electron chi connectivity index (χ3n) is 1.85. The molecule has 13 heavy (non-hydrogen) atoms. The van der Waals surface area contributed by atoms with E-state index in [1.807, 2.05) is 0 Å². The van der Waals surface area contributed by atoms with E-state index in [-0.39, 0.29) is 10.6 Å². The van der Waals surface area contributed by atoms with Gasteiger partial charge in [-0.3, -0.25) is 10.1 Å². The van der Waals surface area contributed by atoms with E-state index in [0.717, 1.165) is 9.99 Å². The number of aromatic nitrogens is 1. The summed E-state index contributed by atoms with van der Waals surface area (Å²) in [5.74, 6) is 0. The first-order chi connectivity index (χ1) is 6.20. The Bertz CT molecular complexity index is 478. The molecule has 5 heteroatoms. The minimum Gasteiger partial charge on any atom is -0.360 e. The van der Waals surface area contributed by atoms with E-state index in [9.17, 15) is 10.1 Å². The van der Waals surface area contributed by atoms with Crippen molar-refractivity contribution in [1.82, 2.24) is 4.98 Å². The fourth-order valence-electron chi connectivity index (χ4n) is 1.26. The number of H-pyrrole nitrogens is 1. The van der Waals surface area contributed by atoms with Crippen LogP contribution in [-0.4, -0.2) is 9.91 Å². The average molecular weight is 241 g/mol. The number of hydrogen-bond acceptors (Lipinski definition) is 2. The van der Waals surface area contributed by atoms with Gasteiger partial charge in [-0.25, -0.2) is 0 Å². The Morgan fingerprint density at radius 1 is 1.38 bits per heavy atom. The van der Waals surface area contributed by atoms with Crippen LogP contribution in [0.1, 0.15) is 0 Å². The van der Waals surface area contributed by atoms with Gasteiger partial charge >= 0.3 is 0 Å². The third-order valence-corrected chi connectivity index (χ3v) is 2.51. The summed E-state index contributed by atoms with van der Waals surface area (Å²) >= 11 is 3.31. The lowest BCUT2D eigenvalue weighted by atomic mass is 10.2. The van der Waals surface area contributed by atoms with E-state index in [0.29, 0.717) is 5.39 Å². The van der Waals surface area contributed by atoms with Crippen molar-refractivity contribution in [3.8, 4) is 0 Å². The molecule has 0 amide bonds. The van der Waals surface area contributed by atoms with Gasteiger partial charge in [0, 0.05) is 16.7 Å². The first-order valence-electron chi connectivity index (χ1n) is 3.60. The van der Waals surface area contributed by atoms with Gasteiger partial charge in [0.15, 0.2) is 0 Å². The lowest BCUT2D eigenvalue weighted by molar-refractivity contribution is -0.383. The summed E-state index contributed by atoms with van der Waals surface area (Å²) in [4.78, 5) is 13.1. The molecule has 0 atom stereocenters. The van der Waals surface area contributed by atoms with Crippen molar-refractivity contribution in [3.05, 3.63) is 39.0 Å². The van der Waals surface area contributed by atoms with Gasteiger partial charge in [-0.05, 0) is 28.1 Å². The molecule has 0 aliphatic carbocycles. The molecule has 0 fully saturated rings. The predicted molar refractivity (Wildman–Crippen MR) is 52.7 cm³/mol. The smallest absolute Gasteiger partial charge is 0.278 e. The van der Waals surface area contributed by atoms with Gasteiger partial charge in [0.1, 0.15) is 0 Å². The maximum absolute atomic E-state index is 10.6. The summed E-state index contributed by atoms with van der Waals surface area (Å²) in [7, 11) is 0. The summed E-state index contributed by atoms with van der Waals surface area (Å²) < 4.78 is 0.832. The molecule has 66 valence electrons. The van der Waals surface area contributed by atoms with Crippen LogP contribution in [0.4, 0.5) is 5.69 Å². The van der Waals surface area contributed by atoms with Crippen molar-refractivity contribution in [3.63, 3.8) is 0 Å². The number of rotatable bonds is 1. The SMILES string of the molecule is O=[N+]([O-])c1ccc(Br)c2[nH]ccc12. The number of benzene rings is 1. The number of nitro benzene ring substituents is 1. The lowest BCUT2D eigenvalue weighted by Gasteiger charge is -1.95. The second kappa shape index (κ2) is 2.85. The second-order valence-electron chi connectivity index (χ2n) is 2.59. The lowest BCUT2D eigenvalue weighted by Crippen LogP contribution is -1.88. The minimum absolute atomic E-state index is 0.124. The highest BCUT2D eigenvalue weighted by molar-refractivity contribution is 9.10. The first kappa shape index (κ1) is 8.25. The molecule has 2 aromatic rings. The Morgan fingerprint density at radius 2 is 2.15 bits per heavy atom. The third kappa shape index (κ3) is 1.21. The molecular formula is C8H5BrN2O2. The van der Waals surface area contributed by atoms with E-state index in [4.69, 9.17) is 0 Å². The molecule has 0 aliphatic heterocycles. The van der Waals surface area contributed by atoms with Crippen LogP contribution in [0.25, 0.3) is 10.9 Å². The Balaban J connectivity index is 2.86. The normalized spacial score (nSPS) is 10.5. The van der Waals surface area contributed by atoms with Gasteiger partial charge in [-0.15, -0.1) is 0 Å². The van der Waals surface area contributed by atoms with E-state index in [2.05, 4.69) is 20.9 Å². The molecule has 0 spiro atoms. The van der Waals surface area contributed by atoms with Crippen LogP contribution in [0.2, 0.25) is 0 Å². The van der Waals surface area contributed by atoms with Crippen molar-refractivity contribution in [1.29, 1.82) is 0 Å². The Hall–Kier alpha value is -1.36. The zero-order valence-corrected chi connectivity index (χ0v) is 8.04. The fourth-order valence-corrected chi connectivity index (χ4v) is 1.73. The highest BCUT2D eigenvalue weighted by atomic mass is 79.9. The van der Waals surface area contributed by atoms with E-state index in [1.165, 1.54) is 6.07 Å². The predicted octanol–water partition coefficient (Wildman–Crippen LogP) is 2.84. The minimum atomic E-state index is -0.386. The number of hydrogen-bond donors (Lipinski definition) is 1. The highest BCUT2D eigenvalue weighted by Crippen LogP contribution is 2.30. The quantitative estimate of drug-likeness (QED) is 0.616. The first-order valence-corrected chi connectivity index (χ1v) is 4.39. The number of nitro groups is 1. The Labute approximate surface area is 81.8 Å². The fraction of sp³-hybridized carbons (Fsp3) is 0. The molecule has 1 aromatic heterocycles. The summed E-state index contributed by atoms with van der Waals surface area (Å²) in [5, 5.41) is 11.2. The average Bonchev–Trinajstić information content (AvgIpc) is 2.53. The molecule has 1 N–H and O–H groups in total. The molecule has 2 rings (SSSR count). The largest absolute Gasteiger partial charge is 0.360 e. The zero-order valence-electron chi connectivity index (χ0n) is 6.45. The van der Waals surface area contributed by atoms with Crippen molar-refractivity contribution >= 4 is 32.5 Å². The zero-order chi connectivity index (χ0) is 9.42. The molecule has 0 radical (unpaired) electrons. The van der Waals surface area contributed by atoms with Crippen LogP contribution in [0.3, 0.4) is 0 Å². The molecule has 0 bridgehead atoms. The molecule has 0 aliphatic rings. The summed E-state index contributed by atoms with van der Waals surface area (Å²) in [6.45, 7) is 0. The number of nitrogens with one attached hydrogen (secondary N) is 1. The van der Waals surface area contributed by atoms with Crippen molar-refractivity contribution in [2.75, 3.05) is 0 Å². The molecule has 0 saturated heterocycles. The van der Waals surface area contributed by atoms with Crippen LogP contribution in [0.5, 0.6) is 0 Å². The summed E-state index contributed by atoms with van der Waals surface area (Å²) in [5.41, 5.74) is 0.883. The van der Waals surface area contributed by atoms with Crippen LogP contribution < -0.4 is 0 Å². The number of non-ortho nitro benzene ring substituents is 1. The van der Waals surface area contributed by atoms with E-state index >= 15 is 0 Å². The van der Waals surface area contributed by atoms with Gasteiger partial charge in [0.2, 0.25) is 0 Å².